The van der Waals surface area contributed by atoms with Crippen LogP contribution in [-0.2, 0) is 0 Å². The van der Waals surface area contributed by atoms with E-state index < -0.39 is 6.43 Å². The van der Waals surface area contributed by atoms with E-state index in [9.17, 15) is 8.78 Å². The van der Waals surface area contributed by atoms with Crippen LogP contribution < -0.4 is 11.1 Å². The highest BCUT2D eigenvalue weighted by Crippen LogP contribution is 2.22. The topological polar surface area (TPSA) is 38.0 Å². The zero-order valence-electron chi connectivity index (χ0n) is 7.35. The van der Waals surface area contributed by atoms with E-state index in [1.54, 1.807) is 12.1 Å². The van der Waals surface area contributed by atoms with Crippen LogP contribution in [0.4, 0.5) is 20.2 Å². The lowest BCUT2D eigenvalue weighted by Gasteiger charge is -2.11. The highest BCUT2D eigenvalue weighted by molar-refractivity contribution is 5.69. The van der Waals surface area contributed by atoms with Gasteiger partial charge in [0.1, 0.15) is 0 Å². The molecule has 3 N–H and O–H groups in total. The van der Waals surface area contributed by atoms with E-state index in [1.807, 2.05) is 13.0 Å². The number of halogens is 2. The fourth-order valence-electron chi connectivity index (χ4n) is 1.11. The molecule has 13 heavy (non-hydrogen) atoms. The average molecular weight is 186 g/mol. The summed E-state index contributed by atoms with van der Waals surface area (Å²) >= 11 is 0. The lowest BCUT2D eigenvalue weighted by molar-refractivity contribution is 0.163. The summed E-state index contributed by atoms with van der Waals surface area (Å²) in [6.07, 6.45) is -2.36. The summed E-state index contributed by atoms with van der Waals surface area (Å²) in [5.74, 6) is 0. The first kappa shape index (κ1) is 9.77. The maximum absolute atomic E-state index is 11.9. The minimum atomic E-state index is -2.36. The van der Waals surface area contributed by atoms with Crippen molar-refractivity contribution in [3.63, 3.8) is 0 Å². The van der Waals surface area contributed by atoms with E-state index in [-0.39, 0.29) is 6.54 Å². The van der Waals surface area contributed by atoms with Gasteiger partial charge >= 0.3 is 0 Å². The number of nitrogens with one attached hydrogen (secondary N) is 1. The average Bonchev–Trinajstić information content (AvgIpc) is 2.03. The molecule has 72 valence electrons. The molecule has 0 unspecified atom stereocenters. The highest BCUT2D eigenvalue weighted by Gasteiger charge is 2.05. The molecule has 1 aromatic carbocycles. The standard InChI is InChI=1S/C9H12F2N2/c1-6-3-2-4-7(12)9(6)13-5-8(10)11/h2-4,8,13H,5,12H2,1H3. The number of rotatable bonds is 3. The van der Waals surface area contributed by atoms with Crippen LogP contribution in [0.15, 0.2) is 18.2 Å². The van der Waals surface area contributed by atoms with Gasteiger partial charge < -0.3 is 11.1 Å². The second-order valence-corrected chi connectivity index (χ2v) is 2.81. The Balaban J connectivity index is 2.75. The molecular weight excluding hydrogens is 174 g/mol. The van der Waals surface area contributed by atoms with Crippen molar-refractivity contribution in [2.24, 2.45) is 0 Å². The summed E-state index contributed by atoms with van der Waals surface area (Å²) in [7, 11) is 0. The van der Waals surface area contributed by atoms with Gasteiger partial charge in [0.2, 0.25) is 0 Å². The molecule has 1 aromatic rings. The molecule has 0 aliphatic rings. The number of hydrogen-bond donors (Lipinski definition) is 2. The molecule has 1 rings (SSSR count). The second-order valence-electron chi connectivity index (χ2n) is 2.81. The Bertz CT molecular complexity index is 267. The molecule has 0 amide bonds. The molecule has 0 saturated carbocycles. The molecule has 0 radical (unpaired) electrons. The van der Waals surface area contributed by atoms with Crippen LogP contribution in [0.1, 0.15) is 5.56 Å². The largest absolute Gasteiger partial charge is 0.397 e. The van der Waals surface area contributed by atoms with E-state index in [2.05, 4.69) is 5.32 Å². The van der Waals surface area contributed by atoms with Crippen molar-refractivity contribution >= 4 is 11.4 Å². The number of aryl methyl sites for hydroxylation is 1. The third-order valence-electron chi connectivity index (χ3n) is 1.74. The SMILES string of the molecule is Cc1cccc(N)c1NCC(F)F. The highest BCUT2D eigenvalue weighted by atomic mass is 19.3. The van der Waals surface area contributed by atoms with Gasteiger partial charge in [0.15, 0.2) is 0 Å². The lowest BCUT2D eigenvalue weighted by Crippen LogP contribution is -2.12. The Labute approximate surface area is 75.7 Å². The predicted octanol–water partition coefficient (Wildman–Crippen LogP) is 2.25. The number of hydrogen-bond acceptors (Lipinski definition) is 2. The third-order valence-corrected chi connectivity index (χ3v) is 1.74. The van der Waals surface area contributed by atoms with Crippen molar-refractivity contribution in [1.29, 1.82) is 0 Å². The van der Waals surface area contributed by atoms with Crippen LogP contribution in [0, 0.1) is 6.92 Å². The molecular formula is C9H12F2N2. The maximum Gasteiger partial charge on any atom is 0.255 e. The van der Waals surface area contributed by atoms with Crippen molar-refractivity contribution in [1.82, 2.24) is 0 Å². The molecule has 0 spiro atoms. The van der Waals surface area contributed by atoms with Gasteiger partial charge in [-0.05, 0) is 18.6 Å². The molecule has 0 aliphatic heterocycles. The van der Waals surface area contributed by atoms with Gasteiger partial charge in [-0.3, -0.25) is 0 Å². The van der Waals surface area contributed by atoms with Crippen molar-refractivity contribution in [3.05, 3.63) is 23.8 Å². The Morgan fingerprint density at radius 1 is 1.46 bits per heavy atom. The quantitative estimate of drug-likeness (QED) is 0.710. The van der Waals surface area contributed by atoms with E-state index >= 15 is 0 Å². The Hall–Kier alpha value is -1.32. The Kier molecular flexibility index (Phi) is 3.06. The van der Waals surface area contributed by atoms with E-state index in [4.69, 9.17) is 5.73 Å². The van der Waals surface area contributed by atoms with Crippen molar-refractivity contribution in [3.8, 4) is 0 Å². The first-order chi connectivity index (χ1) is 6.11. The lowest BCUT2D eigenvalue weighted by atomic mass is 10.1. The van der Waals surface area contributed by atoms with E-state index in [1.165, 1.54) is 0 Å². The molecule has 4 heteroatoms. The molecule has 0 heterocycles. The number of alkyl halides is 2. The van der Waals surface area contributed by atoms with Crippen molar-refractivity contribution in [2.45, 2.75) is 13.3 Å². The molecule has 0 fully saturated rings. The summed E-state index contributed by atoms with van der Waals surface area (Å²) in [6, 6.07) is 5.29. The van der Waals surface area contributed by atoms with Gasteiger partial charge in [-0.15, -0.1) is 0 Å². The van der Waals surface area contributed by atoms with E-state index in [0.29, 0.717) is 11.4 Å². The third kappa shape index (κ3) is 2.57. The van der Waals surface area contributed by atoms with Crippen LogP contribution in [0.3, 0.4) is 0 Å². The summed E-state index contributed by atoms with van der Waals surface area (Å²) in [4.78, 5) is 0. The molecule has 0 aromatic heterocycles. The maximum atomic E-state index is 11.9. The normalized spacial score (nSPS) is 10.5. The van der Waals surface area contributed by atoms with Crippen LogP contribution in [0.5, 0.6) is 0 Å². The van der Waals surface area contributed by atoms with Crippen molar-refractivity contribution in [2.75, 3.05) is 17.6 Å². The number of benzene rings is 1. The molecule has 0 saturated heterocycles. The molecule has 0 aliphatic carbocycles. The van der Waals surface area contributed by atoms with Crippen molar-refractivity contribution < 1.29 is 8.78 Å². The Morgan fingerprint density at radius 3 is 2.69 bits per heavy atom. The smallest absolute Gasteiger partial charge is 0.255 e. The minimum absolute atomic E-state index is 0.366. The van der Waals surface area contributed by atoms with Crippen LogP contribution in [0.25, 0.3) is 0 Å². The first-order valence-electron chi connectivity index (χ1n) is 3.98. The van der Waals surface area contributed by atoms with Crippen LogP contribution in [-0.4, -0.2) is 13.0 Å². The molecule has 0 bridgehead atoms. The second kappa shape index (κ2) is 4.07. The Morgan fingerprint density at radius 2 is 2.15 bits per heavy atom. The van der Waals surface area contributed by atoms with Crippen LogP contribution >= 0.6 is 0 Å². The van der Waals surface area contributed by atoms with Gasteiger partial charge in [0.25, 0.3) is 6.43 Å². The van der Waals surface area contributed by atoms with E-state index in [0.717, 1.165) is 5.56 Å². The van der Waals surface area contributed by atoms with Gasteiger partial charge in [0, 0.05) is 0 Å². The number of nitrogen functional groups attached to an aromatic ring is 1. The predicted molar refractivity (Wildman–Crippen MR) is 50.1 cm³/mol. The molecule has 0 atom stereocenters. The van der Waals surface area contributed by atoms with Gasteiger partial charge in [-0.1, -0.05) is 12.1 Å². The minimum Gasteiger partial charge on any atom is -0.397 e. The number of nitrogens with two attached hydrogens (primary N) is 1. The summed E-state index contributed by atoms with van der Waals surface area (Å²) in [5, 5.41) is 2.61. The molecule has 2 nitrogen and oxygen atoms in total. The summed E-state index contributed by atoms with van der Waals surface area (Å²) in [6.45, 7) is 1.46. The fourth-order valence-corrected chi connectivity index (χ4v) is 1.11. The van der Waals surface area contributed by atoms with Gasteiger partial charge in [0.05, 0.1) is 17.9 Å². The van der Waals surface area contributed by atoms with Crippen LogP contribution in [0.2, 0.25) is 0 Å². The first-order valence-corrected chi connectivity index (χ1v) is 3.98. The van der Waals surface area contributed by atoms with Gasteiger partial charge in [-0.2, -0.15) is 0 Å². The summed E-state index contributed by atoms with van der Waals surface area (Å²) in [5.41, 5.74) is 7.58. The zero-order valence-corrected chi connectivity index (χ0v) is 7.35. The summed E-state index contributed by atoms with van der Waals surface area (Å²) < 4.78 is 23.8. The van der Waals surface area contributed by atoms with Gasteiger partial charge in [-0.25, -0.2) is 8.78 Å². The number of anilines is 2. The fraction of sp³-hybridized carbons (Fsp3) is 0.333. The number of para-hydroxylation sites is 1. The monoisotopic (exact) mass is 186 g/mol. The zero-order chi connectivity index (χ0) is 9.84.